The number of alkyl halides is 3. The number of aryl methyl sites for hydroxylation is 2. The molecule has 5 nitrogen and oxygen atoms in total. The van der Waals surface area contributed by atoms with Crippen LogP contribution in [0.5, 0.6) is 0 Å². The summed E-state index contributed by atoms with van der Waals surface area (Å²) in [7, 11) is 1.56. The molecule has 0 saturated carbocycles. The van der Waals surface area contributed by atoms with E-state index in [1.165, 1.54) is 25.7 Å². The number of aliphatic imine (C=N–C) groups is 1. The molecule has 0 radical (unpaired) electrons. The molecule has 8 heteroatoms. The Morgan fingerprint density at radius 2 is 1.81 bits per heavy atom. The molecule has 0 aliphatic rings. The van der Waals surface area contributed by atoms with Crippen LogP contribution < -0.4 is 5.32 Å². The van der Waals surface area contributed by atoms with Crippen molar-refractivity contribution in [2.75, 3.05) is 12.4 Å². The van der Waals surface area contributed by atoms with Gasteiger partial charge in [0.05, 0.1) is 16.8 Å². The van der Waals surface area contributed by atoms with Gasteiger partial charge in [0.25, 0.3) is 0 Å². The van der Waals surface area contributed by atoms with E-state index < -0.39 is 11.7 Å². The summed E-state index contributed by atoms with van der Waals surface area (Å²) in [4.78, 5) is 15.8. The van der Waals surface area contributed by atoms with Crippen LogP contribution in [0.4, 0.5) is 19.0 Å². The van der Waals surface area contributed by atoms with E-state index >= 15 is 0 Å². The first-order chi connectivity index (χ1) is 12.6. The molecule has 0 spiro atoms. The monoisotopic (exact) mass is 381 g/mol. The number of hydrogen-bond acceptors (Lipinski definition) is 4. The summed E-state index contributed by atoms with van der Waals surface area (Å²) >= 11 is 0. The van der Waals surface area contributed by atoms with E-state index in [1.807, 2.05) is 0 Å². The minimum Gasteiger partial charge on any atom is -0.325 e. The second kappa shape index (κ2) is 9.99. The normalized spacial score (nSPS) is 11.9. The third-order valence-electron chi connectivity index (χ3n) is 3.87. The van der Waals surface area contributed by atoms with Gasteiger partial charge in [-0.15, -0.1) is 0 Å². The molecule has 27 heavy (non-hydrogen) atoms. The minimum atomic E-state index is -4.42. The van der Waals surface area contributed by atoms with Gasteiger partial charge in [-0.3, -0.25) is 4.99 Å². The van der Waals surface area contributed by atoms with E-state index in [4.69, 9.17) is 0 Å². The highest BCUT2D eigenvalue weighted by atomic mass is 19.4. The molecular weight excluding hydrogens is 355 g/mol. The van der Waals surface area contributed by atoms with Crippen molar-refractivity contribution in [3.05, 3.63) is 47.2 Å². The summed E-state index contributed by atoms with van der Waals surface area (Å²) in [6.45, 7) is 9.81. The molecule has 0 amide bonds. The first kappa shape index (κ1) is 22.5. The lowest BCUT2D eigenvalue weighted by Gasteiger charge is -2.13. The Hall–Kier alpha value is -2.51. The lowest BCUT2D eigenvalue weighted by Crippen LogP contribution is -2.17. The number of nitrogens with zero attached hydrogens (tertiary/aromatic N) is 4. The first-order valence-corrected chi connectivity index (χ1v) is 8.64. The van der Waals surface area contributed by atoms with Crippen LogP contribution in [0, 0.1) is 19.8 Å². The van der Waals surface area contributed by atoms with Crippen LogP contribution >= 0.6 is 0 Å². The molecule has 2 aromatic heterocycles. The summed E-state index contributed by atoms with van der Waals surface area (Å²) in [6, 6.07) is 1.33. The Morgan fingerprint density at radius 3 is 2.26 bits per heavy atom. The van der Waals surface area contributed by atoms with Crippen molar-refractivity contribution in [2.24, 2.45) is 10.9 Å². The molecule has 2 aromatic rings. The predicted molar refractivity (Wildman–Crippen MR) is 102 cm³/mol. The lowest BCUT2D eigenvalue weighted by molar-refractivity contribution is -0.138. The van der Waals surface area contributed by atoms with E-state index in [2.05, 4.69) is 46.0 Å². The van der Waals surface area contributed by atoms with E-state index in [-0.39, 0.29) is 11.4 Å². The molecule has 0 aromatic carbocycles. The number of aromatic nitrogens is 3. The Bertz CT molecular complexity index is 770. The molecule has 0 atom stereocenters. The fourth-order valence-electron chi connectivity index (χ4n) is 1.91. The maximum absolute atomic E-state index is 12.7. The maximum Gasteiger partial charge on any atom is 0.418 e. The van der Waals surface area contributed by atoms with Crippen LogP contribution in [0.1, 0.15) is 49.6 Å². The highest BCUT2D eigenvalue weighted by Crippen LogP contribution is 2.31. The molecule has 1 N–H and O–H groups in total. The van der Waals surface area contributed by atoms with Crippen LogP contribution in [0.2, 0.25) is 0 Å². The SMILES string of the molecule is CCC(C)C.CN=C(Nc1cc(C)c(C(F)(F)F)cn1)c1cncnc1C. The van der Waals surface area contributed by atoms with E-state index in [9.17, 15) is 13.2 Å². The fourth-order valence-corrected chi connectivity index (χ4v) is 1.91. The maximum atomic E-state index is 12.7. The van der Waals surface area contributed by atoms with Gasteiger partial charge < -0.3 is 5.32 Å². The standard InChI is InChI=1S/C14H14F3N5.C5H12/c1-8-4-12(20-6-11(8)14(15,16)17)22-13(18-3)10-5-19-7-21-9(10)2;1-4-5(2)3/h4-7H,1-3H3,(H,18,20,22);5H,4H2,1-3H3. The number of amidine groups is 1. The van der Waals surface area contributed by atoms with Gasteiger partial charge in [-0.2, -0.15) is 13.2 Å². The molecule has 148 valence electrons. The van der Waals surface area contributed by atoms with Gasteiger partial charge in [0.1, 0.15) is 18.0 Å². The van der Waals surface area contributed by atoms with Crippen LogP contribution in [0.15, 0.2) is 29.8 Å². The largest absolute Gasteiger partial charge is 0.418 e. The molecular formula is C19H26F3N5. The molecule has 0 bridgehead atoms. The zero-order valence-electron chi connectivity index (χ0n) is 16.5. The van der Waals surface area contributed by atoms with Crippen molar-refractivity contribution in [1.82, 2.24) is 15.0 Å². The number of hydrogen-bond donors (Lipinski definition) is 1. The van der Waals surface area contributed by atoms with Gasteiger partial charge in [0.2, 0.25) is 0 Å². The van der Waals surface area contributed by atoms with Gasteiger partial charge >= 0.3 is 6.18 Å². The quantitative estimate of drug-likeness (QED) is 0.597. The predicted octanol–water partition coefficient (Wildman–Crippen LogP) is 5.05. The molecule has 2 rings (SSSR count). The second-order valence-electron chi connectivity index (χ2n) is 6.40. The van der Waals surface area contributed by atoms with Gasteiger partial charge in [0, 0.05) is 19.4 Å². The van der Waals surface area contributed by atoms with Crippen molar-refractivity contribution in [3.8, 4) is 0 Å². The highest BCUT2D eigenvalue weighted by molar-refractivity contribution is 6.08. The topological polar surface area (TPSA) is 63.1 Å². The lowest BCUT2D eigenvalue weighted by atomic mass is 10.1. The van der Waals surface area contributed by atoms with Crippen molar-refractivity contribution >= 4 is 11.7 Å². The molecule has 0 aliphatic carbocycles. The Morgan fingerprint density at radius 1 is 1.19 bits per heavy atom. The van der Waals surface area contributed by atoms with E-state index in [0.717, 1.165) is 12.1 Å². The number of nitrogens with one attached hydrogen (secondary N) is 1. The first-order valence-electron chi connectivity index (χ1n) is 8.64. The summed E-state index contributed by atoms with van der Waals surface area (Å²) in [5, 5.41) is 2.90. The molecule has 0 saturated heterocycles. The zero-order chi connectivity index (χ0) is 20.6. The number of pyridine rings is 1. The number of anilines is 1. The molecule has 0 unspecified atom stereocenters. The third-order valence-corrected chi connectivity index (χ3v) is 3.87. The fraction of sp³-hybridized carbons (Fsp3) is 0.474. The molecule has 0 fully saturated rings. The van der Waals surface area contributed by atoms with Crippen molar-refractivity contribution in [2.45, 2.75) is 47.2 Å². The van der Waals surface area contributed by atoms with Gasteiger partial charge in [-0.25, -0.2) is 15.0 Å². The Kier molecular flexibility index (Phi) is 8.33. The highest BCUT2D eigenvalue weighted by Gasteiger charge is 2.32. The van der Waals surface area contributed by atoms with Crippen molar-refractivity contribution in [3.63, 3.8) is 0 Å². The van der Waals surface area contributed by atoms with Crippen molar-refractivity contribution in [1.29, 1.82) is 0 Å². The minimum absolute atomic E-state index is 0.0847. The summed E-state index contributed by atoms with van der Waals surface area (Å²) in [5.74, 6) is 1.59. The number of rotatable bonds is 3. The van der Waals surface area contributed by atoms with Gasteiger partial charge in [0.15, 0.2) is 0 Å². The Balaban J connectivity index is 0.000000646. The second-order valence-corrected chi connectivity index (χ2v) is 6.40. The average molecular weight is 381 g/mol. The van der Waals surface area contributed by atoms with Crippen LogP contribution in [0.25, 0.3) is 0 Å². The Labute approximate surface area is 158 Å². The molecule has 2 heterocycles. The summed E-state index contributed by atoms with van der Waals surface area (Å²) < 4.78 is 38.2. The van der Waals surface area contributed by atoms with E-state index in [0.29, 0.717) is 17.1 Å². The smallest absolute Gasteiger partial charge is 0.325 e. The van der Waals surface area contributed by atoms with E-state index in [1.54, 1.807) is 20.2 Å². The summed E-state index contributed by atoms with van der Waals surface area (Å²) in [6.07, 6.45) is 0.682. The summed E-state index contributed by atoms with van der Waals surface area (Å²) in [5.41, 5.74) is 0.685. The van der Waals surface area contributed by atoms with Gasteiger partial charge in [-0.1, -0.05) is 27.2 Å². The average Bonchev–Trinajstić information content (AvgIpc) is 2.60. The van der Waals surface area contributed by atoms with Crippen LogP contribution in [0.3, 0.4) is 0 Å². The van der Waals surface area contributed by atoms with Crippen LogP contribution in [-0.2, 0) is 6.18 Å². The van der Waals surface area contributed by atoms with Gasteiger partial charge in [-0.05, 0) is 31.4 Å². The van der Waals surface area contributed by atoms with Crippen LogP contribution in [-0.4, -0.2) is 27.8 Å². The zero-order valence-corrected chi connectivity index (χ0v) is 16.5. The molecule has 0 aliphatic heterocycles. The number of halogens is 3. The van der Waals surface area contributed by atoms with Crippen molar-refractivity contribution < 1.29 is 13.2 Å². The third kappa shape index (κ3) is 6.96.